The molecule has 0 radical (unpaired) electrons. The van der Waals surface area contributed by atoms with E-state index in [4.69, 9.17) is 28.9 Å². The zero-order valence-electron chi connectivity index (χ0n) is 25.9. The first-order valence-corrected chi connectivity index (χ1v) is 14.9. The normalized spacial score (nSPS) is 22.6. The number of rotatable bonds is 13. The minimum Gasteiger partial charge on any atom is -0.497 e. The molecule has 5 atom stereocenters. The summed E-state index contributed by atoms with van der Waals surface area (Å²) in [4.78, 5) is 47.5. The summed E-state index contributed by atoms with van der Waals surface area (Å²) in [5.41, 5.74) is 1.58. The fraction of sp³-hybridized carbons (Fsp3) is 0.645. The zero-order chi connectivity index (χ0) is 31.3. The third-order valence-corrected chi connectivity index (χ3v) is 8.15. The minimum atomic E-state index is -1.08. The number of aliphatic carboxylic acids is 1. The van der Waals surface area contributed by atoms with Crippen molar-refractivity contribution in [2.45, 2.75) is 90.0 Å². The summed E-state index contributed by atoms with van der Waals surface area (Å²) in [6.07, 6.45) is 4.65. The number of carbonyl (C=O) groups excluding carboxylic acids is 2. The number of esters is 1. The molecule has 1 saturated carbocycles. The number of alkyl carbamates (subject to hydrolysis) is 1. The molecule has 0 bridgehead atoms. The number of amides is 1. The van der Waals surface area contributed by atoms with Crippen molar-refractivity contribution < 1.29 is 38.4 Å². The molecule has 1 aromatic carbocycles. The van der Waals surface area contributed by atoms with Crippen LogP contribution in [0.3, 0.4) is 0 Å². The van der Waals surface area contributed by atoms with E-state index in [1.165, 1.54) is 7.11 Å². The van der Waals surface area contributed by atoms with E-state index in [0.29, 0.717) is 42.5 Å². The predicted molar refractivity (Wildman–Crippen MR) is 158 cm³/mol. The lowest BCUT2D eigenvalue weighted by Gasteiger charge is -2.27. The van der Waals surface area contributed by atoms with Gasteiger partial charge >= 0.3 is 18.0 Å². The topological polar surface area (TPSA) is 149 Å². The van der Waals surface area contributed by atoms with Crippen molar-refractivity contribution in [3.63, 3.8) is 0 Å². The number of likely N-dealkylation sites (N-methyl/N-ethyl adjacent to an activating group) is 1. The van der Waals surface area contributed by atoms with E-state index in [9.17, 15) is 19.5 Å². The summed E-state index contributed by atoms with van der Waals surface area (Å²) in [5.74, 6) is 0.0903. The smallest absolute Gasteiger partial charge is 0.408 e. The SMILES string of the molecule is COC(=O)[C@@H]1C[C@@H](Oc2nc3cc(OC)ccc3nc2CCCCC[C@@H]2C[C@H]2OC(=O)N[C@H](C(=O)O)C(C)(C)C)CN1C. The van der Waals surface area contributed by atoms with Crippen LogP contribution < -0.4 is 14.8 Å². The van der Waals surface area contributed by atoms with Gasteiger partial charge in [0.1, 0.15) is 35.7 Å². The maximum atomic E-state index is 12.2. The van der Waals surface area contributed by atoms with Gasteiger partial charge in [-0.25, -0.2) is 19.6 Å². The van der Waals surface area contributed by atoms with E-state index in [0.717, 1.165) is 43.3 Å². The Bertz CT molecular complexity index is 1310. The van der Waals surface area contributed by atoms with Crippen LogP contribution in [0.5, 0.6) is 11.6 Å². The average molecular weight is 601 g/mol. The number of carboxylic acid groups (broad SMARTS) is 1. The molecule has 1 saturated heterocycles. The van der Waals surface area contributed by atoms with Gasteiger partial charge in [-0.1, -0.05) is 33.6 Å². The molecule has 1 amide bonds. The predicted octanol–water partition coefficient (Wildman–Crippen LogP) is 3.98. The summed E-state index contributed by atoms with van der Waals surface area (Å²) < 4.78 is 22.1. The van der Waals surface area contributed by atoms with E-state index >= 15 is 0 Å². The number of hydrogen-bond acceptors (Lipinski definition) is 10. The lowest BCUT2D eigenvalue weighted by atomic mass is 9.87. The number of unbranched alkanes of at least 4 members (excludes halogenated alkanes) is 2. The average Bonchev–Trinajstić information content (AvgIpc) is 3.58. The first kappa shape index (κ1) is 32.2. The van der Waals surface area contributed by atoms with Gasteiger partial charge in [-0.3, -0.25) is 9.69 Å². The third kappa shape index (κ3) is 8.46. The Morgan fingerprint density at radius 1 is 1.09 bits per heavy atom. The van der Waals surface area contributed by atoms with Crippen molar-refractivity contribution in [3.8, 4) is 11.6 Å². The summed E-state index contributed by atoms with van der Waals surface area (Å²) in [6, 6.07) is 4.19. The number of carboxylic acids is 1. The second-order valence-corrected chi connectivity index (χ2v) is 12.6. The standard InChI is InChI=1S/C31H44N4O8/c1-31(2,3)26(28(36)37)34-30(39)43-25-14-18(25)10-8-7-9-11-22-27(33-23-15-19(40-5)12-13-21(23)32-22)42-20-16-24(29(38)41-6)35(4)17-20/h12-13,15,18,20,24-26H,7-11,14,16-17H2,1-6H3,(H,34,39)(H,36,37)/t18-,20-,24+,25-,26-/m1/s1. The number of benzene rings is 1. The van der Waals surface area contributed by atoms with Crippen molar-refractivity contribution in [1.82, 2.24) is 20.2 Å². The Balaban J connectivity index is 1.29. The van der Waals surface area contributed by atoms with Crippen LogP contribution in [0, 0.1) is 11.3 Å². The Kier molecular flexibility index (Phi) is 10.3. The van der Waals surface area contributed by atoms with E-state index in [1.807, 2.05) is 30.1 Å². The van der Waals surface area contributed by atoms with Gasteiger partial charge in [0, 0.05) is 19.0 Å². The Labute approximate surface area is 252 Å². The highest BCUT2D eigenvalue weighted by Crippen LogP contribution is 2.38. The van der Waals surface area contributed by atoms with Crippen LogP contribution in [0.1, 0.15) is 65.0 Å². The van der Waals surface area contributed by atoms with Gasteiger partial charge in [0.05, 0.1) is 25.3 Å². The van der Waals surface area contributed by atoms with Crippen LogP contribution >= 0.6 is 0 Å². The minimum absolute atomic E-state index is 0.170. The van der Waals surface area contributed by atoms with E-state index in [2.05, 4.69) is 5.32 Å². The molecule has 12 heteroatoms. The van der Waals surface area contributed by atoms with Gasteiger partial charge < -0.3 is 29.4 Å². The first-order valence-electron chi connectivity index (χ1n) is 14.9. The number of aryl methyl sites for hydroxylation is 1. The third-order valence-electron chi connectivity index (χ3n) is 8.15. The number of aromatic nitrogens is 2. The molecule has 2 aromatic rings. The van der Waals surface area contributed by atoms with Crippen LogP contribution in [-0.2, 0) is 25.5 Å². The summed E-state index contributed by atoms with van der Waals surface area (Å²) in [7, 11) is 4.87. The highest BCUT2D eigenvalue weighted by molar-refractivity contribution is 5.81. The van der Waals surface area contributed by atoms with Crippen molar-refractivity contribution in [2.24, 2.45) is 11.3 Å². The Hall–Kier alpha value is -3.67. The lowest BCUT2D eigenvalue weighted by molar-refractivity contribution is -0.145. The number of nitrogens with one attached hydrogen (secondary N) is 1. The Morgan fingerprint density at radius 2 is 1.86 bits per heavy atom. The molecule has 0 spiro atoms. The Morgan fingerprint density at radius 3 is 2.53 bits per heavy atom. The van der Waals surface area contributed by atoms with Gasteiger partial charge in [0.15, 0.2) is 0 Å². The van der Waals surface area contributed by atoms with Gasteiger partial charge in [0.2, 0.25) is 5.88 Å². The zero-order valence-corrected chi connectivity index (χ0v) is 25.9. The fourth-order valence-corrected chi connectivity index (χ4v) is 5.53. The summed E-state index contributed by atoms with van der Waals surface area (Å²) in [5, 5.41) is 11.9. The van der Waals surface area contributed by atoms with E-state index in [-0.39, 0.29) is 24.2 Å². The molecule has 0 unspecified atom stereocenters. The molecule has 2 heterocycles. The van der Waals surface area contributed by atoms with Crippen molar-refractivity contribution in [1.29, 1.82) is 0 Å². The maximum absolute atomic E-state index is 12.2. The molecule has 236 valence electrons. The molecule has 12 nitrogen and oxygen atoms in total. The van der Waals surface area contributed by atoms with Gasteiger partial charge in [0.25, 0.3) is 0 Å². The number of methoxy groups -OCH3 is 2. The molecule has 2 fully saturated rings. The number of fused-ring (bicyclic) bond motifs is 1. The molecule has 4 rings (SSSR count). The van der Waals surface area contributed by atoms with E-state index in [1.54, 1.807) is 27.9 Å². The number of carbonyl (C=O) groups is 3. The number of ether oxygens (including phenoxy) is 4. The molecule has 2 aliphatic rings. The van der Waals surface area contributed by atoms with Gasteiger partial charge in [-0.15, -0.1) is 0 Å². The molecule has 1 aliphatic carbocycles. The molecular formula is C31H44N4O8. The summed E-state index contributed by atoms with van der Waals surface area (Å²) in [6.45, 7) is 5.85. The maximum Gasteiger partial charge on any atom is 0.408 e. The molecular weight excluding hydrogens is 556 g/mol. The highest BCUT2D eigenvalue weighted by Gasteiger charge is 2.41. The molecule has 43 heavy (non-hydrogen) atoms. The first-order chi connectivity index (χ1) is 20.4. The quantitative estimate of drug-likeness (QED) is 0.254. The second kappa shape index (κ2) is 13.7. The molecule has 1 aliphatic heterocycles. The molecule has 1 aromatic heterocycles. The monoisotopic (exact) mass is 600 g/mol. The van der Waals surface area contributed by atoms with Crippen LogP contribution in [-0.4, -0.2) is 90.1 Å². The number of likely N-dealkylation sites (tertiary alicyclic amines) is 1. The fourth-order valence-electron chi connectivity index (χ4n) is 5.53. The van der Waals surface area contributed by atoms with Crippen LogP contribution in [0.25, 0.3) is 11.0 Å². The lowest BCUT2D eigenvalue weighted by Crippen LogP contribution is -2.49. The second-order valence-electron chi connectivity index (χ2n) is 12.6. The van der Waals surface area contributed by atoms with Crippen LogP contribution in [0.4, 0.5) is 4.79 Å². The van der Waals surface area contributed by atoms with Crippen molar-refractivity contribution >= 4 is 29.1 Å². The summed E-state index contributed by atoms with van der Waals surface area (Å²) >= 11 is 0. The van der Waals surface area contributed by atoms with Crippen molar-refractivity contribution in [3.05, 3.63) is 23.9 Å². The highest BCUT2D eigenvalue weighted by atomic mass is 16.6. The van der Waals surface area contributed by atoms with E-state index < -0.39 is 23.5 Å². The number of nitrogens with zero attached hydrogens (tertiary/aromatic N) is 3. The van der Waals surface area contributed by atoms with Crippen LogP contribution in [0.15, 0.2) is 18.2 Å². The molecule has 2 N–H and O–H groups in total. The largest absolute Gasteiger partial charge is 0.497 e. The van der Waals surface area contributed by atoms with Gasteiger partial charge in [-0.2, -0.15) is 0 Å². The van der Waals surface area contributed by atoms with Crippen molar-refractivity contribution in [2.75, 3.05) is 27.8 Å². The number of hydrogen-bond donors (Lipinski definition) is 2. The van der Waals surface area contributed by atoms with Gasteiger partial charge in [-0.05, 0) is 56.2 Å². The van der Waals surface area contributed by atoms with Crippen LogP contribution in [0.2, 0.25) is 0 Å².